The van der Waals surface area contributed by atoms with E-state index in [2.05, 4.69) is 32.9 Å². The number of ether oxygens (including phenoxy) is 1. The van der Waals surface area contributed by atoms with Gasteiger partial charge in [-0.2, -0.15) is 0 Å². The third kappa shape index (κ3) is 2.48. The number of hydrogen-bond acceptors (Lipinski definition) is 3. The van der Waals surface area contributed by atoms with Gasteiger partial charge in [0.15, 0.2) is 0 Å². The zero-order chi connectivity index (χ0) is 13.7. The molecule has 104 valence electrons. The van der Waals surface area contributed by atoms with Crippen LogP contribution in [0.15, 0.2) is 12.1 Å². The Kier molecular flexibility index (Phi) is 2.86. The van der Waals surface area contributed by atoms with Crippen molar-refractivity contribution in [2.75, 3.05) is 0 Å². The summed E-state index contributed by atoms with van der Waals surface area (Å²) in [5, 5.41) is 0. The molecule has 3 heteroatoms. The summed E-state index contributed by atoms with van der Waals surface area (Å²) in [6.45, 7) is 6.69. The van der Waals surface area contributed by atoms with E-state index in [1.165, 1.54) is 6.42 Å². The second-order valence-corrected chi connectivity index (χ2v) is 7.37. The van der Waals surface area contributed by atoms with Crippen molar-refractivity contribution in [1.82, 2.24) is 4.98 Å². The zero-order valence-corrected chi connectivity index (χ0v) is 12.2. The number of nitrogens with two attached hydrogens (primary N) is 1. The second-order valence-electron chi connectivity index (χ2n) is 7.37. The van der Waals surface area contributed by atoms with E-state index in [0.29, 0.717) is 0 Å². The average molecular weight is 260 g/mol. The van der Waals surface area contributed by atoms with E-state index in [1.54, 1.807) is 0 Å². The molecule has 1 aliphatic heterocycles. The summed E-state index contributed by atoms with van der Waals surface area (Å²) >= 11 is 0. The SMILES string of the molecule is CC(C)(C)Cc1ccc2c(n1)[C@@H](N)CC1(CCC1)O2. The standard InChI is InChI=1S/C16H24N2O/c1-15(2,3)9-11-5-6-13-14(18-11)12(17)10-16(19-13)7-4-8-16/h5-6,12H,4,7-10,17H2,1-3H3/t12-/m0/s1. The van der Waals surface area contributed by atoms with Crippen molar-refractivity contribution >= 4 is 0 Å². The topological polar surface area (TPSA) is 48.1 Å². The summed E-state index contributed by atoms with van der Waals surface area (Å²) in [5.41, 5.74) is 8.67. The maximum Gasteiger partial charge on any atom is 0.143 e. The van der Waals surface area contributed by atoms with Gasteiger partial charge in [0.1, 0.15) is 11.4 Å². The van der Waals surface area contributed by atoms with Crippen molar-refractivity contribution in [3.05, 3.63) is 23.5 Å². The molecule has 19 heavy (non-hydrogen) atoms. The van der Waals surface area contributed by atoms with Gasteiger partial charge >= 0.3 is 0 Å². The smallest absolute Gasteiger partial charge is 0.143 e. The first-order valence-electron chi connectivity index (χ1n) is 7.31. The normalized spacial score (nSPS) is 24.5. The highest BCUT2D eigenvalue weighted by atomic mass is 16.5. The van der Waals surface area contributed by atoms with Crippen LogP contribution in [0.5, 0.6) is 5.75 Å². The second kappa shape index (κ2) is 4.20. The summed E-state index contributed by atoms with van der Waals surface area (Å²) < 4.78 is 6.17. The van der Waals surface area contributed by atoms with E-state index in [9.17, 15) is 0 Å². The molecule has 1 aromatic heterocycles. The van der Waals surface area contributed by atoms with E-state index in [1.807, 2.05) is 0 Å². The molecular formula is C16H24N2O. The average Bonchev–Trinajstić information content (AvgIpc) is 2.25. The van der Waals surface area contributed by atoms with Crippen LogP contribution in [0.3, 0.4) is 0 Å². The van der Waals surface area contributed by atoms with E-state index in [0.717, 1.165) is 42.8 Å². The fourth-order valence-electron chi connectivity index (χ4n) is 3.15. The van der Waals surface area contributed by atoms with Gasteiger partial charge in [0, 0.05) is 12.1 Å². The molecule has 0 amide bonds. The predicted octanol–water partition coefficient (Wildman–Crippen LogP) is 3.38. The highest BCUT2D eigenvalue weighted by molar-refractivity contribution is 5.35. The first-order chi connectivity index (χ1) is 8.87. The molecule has 2 heterocycles. The number of aromatic nitrogens is 1. The van der Waals surface area contributed by atoms with E-state index in [4.69, 9.17) is 15.5 Å². The minimum absolute atomic E-state index is 0.0274. The summed E-state index contributed by atoms with van der Waals surface area (Å²) in [5.74, 6) is 0.913. The molecule has 0 bridgehead atoms. The van der Waals surface area contributed by atoms with Crippen LogP contribution < -0.4 is 10.5 Å². The Morgan fingerprint density at radius 2 is 2.11 bits per heavy atom. The van der Waals surface area contributed by atoms with Gasteiger partial charge in [-0.05, 0) is 43.2 Å². The molecule has 3 nitrogen and oxygen atoms in total. The monoisotopic (exact) mass is 260 g/mol. The fourth-order valence-corrected chi connectivity index (χ4v) is 3.15. The van der Waals surface area contributed by atoms with Gasteiger partial charge in [-0.1, -0.05) is 20.8 Å². The molecule has 2 aliphatic rings. The quantitative estimate of drug-likeness (QED) is 0.842. The number of nitrogens with zero attached hydrogens (tertiary/aromatic N) is 1. The molecule has 0 radical (unpaired) electrons. The summed E-state index contributed by atoms with van der Waals surface area (Å²) in [6, 6.07) is 4.20. The third-order valence-electron chi connectivity index (χ3n) is 4.19. The Bertz CT molecular complexity index is 486. The Morgan fingerprint density at radius 3 is 2.68 bits per heavy atom. The van der Waals surface area contributed by atoms with Crippen molar-refractivity contribution in [2.45, 2.75) is 64.5 Å². The Labute approximate surface area is 115 Å². The van der Waals surface area contributed by atoms with Crippen molar-refractivity contribution in [1.29, 1.82) is 0 Å². The van der Waals surface area contributed by atoms with Crippen LogP contribution in [0.2, 0.25) is 0 Å². The van der Waals surface area contributed by atoms with Crippen molar-refractivity contribution in [3.63, 3.8) is 0 Å². The Balaban J connectivity index is 1.87. The predicted molar refractivity (Wildman–Crippen MR) is 76.2 cm³/mol. The molecule has 0 saturated heterocycles. The highest BCUT2D eigenvalue weighted by Gasteiger charge is 2.45. The summed E-state index contributed by atoms with van der Waals surface area (Å²) in [7, 11) is 0. The fraction of sp³-hybridized carbons (Fsp3) is 0.688. The Morgan fingerprint density at radius 1 is 1.37 bits per heavy atom. The minimum Gasteiger partial charge on any atom is -0.485 e. The number of fused-ring (bicyclic) bond motifs is 1. The molecule has 2 N–H and O–H groups in total. The molecule has 1 fully saturated rings. The molecule has 3 rings (SSSR count). The van der Waals surface area contributed by atoms with Crippen LogP contribution >= 0.6 is 0 Å². The van der Waals surface area contributed by atoms with Crippen molar-refractivity contribution in [2.24, 2.45) is 11.1 Å². The summed E-state index contributed by atoms with van der Waals surface area (Å²) in [6.07, 6.45) is 5.44. The van der Waals surface area contributed by atoms with Gasteiger partial charge in [0.2, 0.25) is 0 Å². The highest BCUT2D eigenvalue weighted by Crippen LogP contribution is 2.47. The third-order valence-corrected chi connectivity index (χ3v) is 4.19. The van der Waals surface area contributed by atoms with Gasteiger partial charge in [-0.3, -0.25) is 4.98 Å². The van der Waals surface area contributed by atoms with E-state index in [-0.39, 0.29) is 17.1 Å². The molecule has 0 aromatic carbocycles. The minimum atomic E-state index is 0.0274. The summed E-state index contributed by atoms with van der Waals surface area (Å²) in [4.78, 5) is 4.75. The lowest BCUT2D eigenvalue weighted by Gasteiger charge is -2.46. The molecule has 1 spiro atoms. The molecule has 1 atom stereocenters. The van der Waals surface area contributed by atoms with Crippen LogP contribution in [-0.2, 0) is 6.42 Å². The van der Waals surface area contributed by atoms with Crippen LogP contribution in [-0.4, -0.2) is 10.6 Å². The van der Waals surface area contributed by atoms with Gasteiger partial charge in [-0.25, -0.2) is 0 Å². The number of hydrogen-bond donors (Lipinski definition) is 1. The molecule has 1 aliphatic carbocycles. The Hall–Kier alpha value is -1.09. The van der Waals surface area contributed by atoms with Gasteiger partial charge in [-0.15, -0.1) is 0 Å². The maximum atomic E-state index is 6.32. The lowest BCUT2D eigenvalue weighted by molar-refractivity contribution is -0.0342. The van der Waals surface area contributed by atoms with Gasteiger partial charge in [0.05, 0.1) is 11.7 Å². The first kappa shape index (κ1) is 12.9. The van der Waals surface area contributed by atoms with E-state index >= 15 is 0 Å². The van der Waals surface area contributed by atoms with E-state index < -0.39 is 0 Å². The van der Waals surface area contributed by atoms with Crippen molar-refractivity contribution < 1.29 is 4.74 Å². The number of pyridine rings is 1. The van der Waals surface area contributed by atoms with Gasteiger partial charge in [0.25, 0.3) is 0 Å². The molecule has 1 aromatic rings. The molecule has 1 saturated carbocycles. The van der Waals surface area contributed by atoms with Crippen LogP contribution in [0, 0.1) is 5.41 Å². The van der Waals surface area contributed by atoms with Crippen LogP contribution in [0.1, 0.15) is 63.9 Å². The zero-order valence-electron chi connectivity index (χ0n) is 12.2. The lowest BCUT2D eigenvalue weighted by Crippen LogP contribution is -2.48. The largest absolute Gasteiger partial charge is 0.485 e. The number of rotatable bonds is 1. The van der Waals surface area contributed by atoms with Crippen LogP contribution in [0.4, 0.5) is 0 Å². The maximum absolute atomic E-state index is 6.32. The molecular weight excluding hydrogens is 236 g/mol. The first-order valence-corrected chi connectivity index (χ1v) is 7.31. The molecule has 0 unspecified atom stereocenters. The van der Waals surface area contributed by atoms with Crippen molar-refractivity contribution in [3.8, 4) is 5.75 Å². The lowest BCUT2D eigenvalue weighted by atomic mass is 9.74. The van der Waals surface area contributed by atoms with Gasteiger partial charge < -0.3 is 10.5 Å². The van der Waals surface area contributed by atoms with Crippen LogP contribution in [0.25, 0.3) is 0 Å².